The fourth-order valence-corrected chi connectivity index (χ4v) is 0. The minimum absolute atomic E-state index is 0. The summed E-state index contributed by atoms with van der Waals surface area (Å²) in [5.41, 5.74) is 0. The topological polar surface area (TPSA) is 94.5 Å². The Hall–Kier alpha value is 0.763. The summed E-state index contributed by atoms with van der Waals surface area (Å²) in [6, 6.07) is 0. The molecule has 8 heavy (non-hydrogen) atoms. The van der Waals surface area contributed by atoms with Gasteiger partial charge in [-0.05, 0) is 0 Å². The first-order valence-electron chi connectivity index (χ1n) is 1.56. The SMILES string of the molecule is O.O.O.[CH2-]C(C)C.[Zr]. The van der Waals surface area contributed by atoms with Crippen molar-refractivity contribution in [3.05, 3.63) is 6.92 Å². The molecule has 0 fully saturated rings. The third kappa shape index (κ3) is 386. The van der Waals surface area contributed by atoms with Crippen molar-refractivity contribution >= 4 is 0 Å². The molecule has 0 aromatic carbocycles. The second kappa shape index (κ2) is 25.1. The van der Waals surface area contributed by atoms with Crippen molar-refractivity contribution in [3.63, 3.8) is 0 Å². The molecule has 54 valence electrons. The average molecular weight is 202 g/mol. The molecule has 0 saturated heterocycles. The number of rotatable bonds is 0. The van der Waals surface area contributed by atoms with Gasteiger partial charge >= 0.3 is 0 Å². The van der Waals surface area contributed by atoms with E-state index in [1.807, 2.05) is 0 Å². The van der Waals surface area contributed by atoms with E-state index in [1.54, 1.807) is 0 Å². The van der Waals surface area contributed by atoms with E-state index in [9.17, 15) is 0 Å². The summed E-state index contributed by atoms with van der Waals surface area (Å²) in [5, 5.41) is 0. The zero-order chi connectivity index (χ0) is 3.58. The van der Waals surface area contributed by atoms with Crippen molar-refractivity contribution in [2.24, 2.45) is 5.92 Å². The summed E-state index contributed by atoms with van der Waals surface area (Å²) in [6.45, 7) is 7.75. The maximum absolute atomic E-state index is 3.64. The Balaban J connectivity index is -0.00000000750. The van der Waals surface area contributed by atoms with Crippen LogP contribution in [0, 0.1) is 12.8 Å². The fraction of sp³-hybridized carbons (Fsp3) is 0.750. The molecular weight excluding hydrogens is 187 g/mol. The quantitative estimate of drug-likeness (QED) is 0.451. The predicted octanol–water partition coefficient (Wildman–Crippen LogP) is -1.00. The van der Waals surface area contributed by atoms with Crippen molar-refractivity contribution in [2.75, 3.05) is 0 Å². The molecule has 0 aliphatic heterocycles. The van der Waals surface area contributed by atoms with Crippen molar-refractivity contribution < 1.29 is 42.6 Å². The summed E-state index contributed by atoms with van der Waals surface area (Å²) in [4.78, 5) is 0. The first-order valence-corrected chi connectivity index (χ1v) is 1.56. The van der Waals surface area contributed by atoms with Gasteiger partial charge in [0.15, 0.2) is 0 Å². The van der Waals surface area contributed by atoms with Crippen molar-refractivity contribution in [3.8, 4) is 0 Å². The predicted molar refractivity (Wildman–Crippen MR) is 31.0 cm³/mol. The van der Waals surface area contributed by atoms with E-state index < -0.39 is 0 Å². The minimum Gasteiger partial charge on any atom is -0.412 e. The molecule has 0 rings (SSSR count). The third-order valence-electron chi connectivity index (χ3n) is 0. The van der Waals surface area contributed by atoms with Crippen molar-refractivity contribution in [1.82, 2.24) is 0 Å². The molecule has 0 spiro atoms. The molecule has 6 N–H and O–H groups in total. The monoisotopic (exact) mass is 201 g/mol. The largest absolute Gasteiger partial charge is 0.412 e. The fourth-order valence-electron chi connectivity index (χ4n) is 0. The van der Waals surface area contributed by atoms with Crippen molar-refractivity contribution in [2.45, 2.75) is 13.8 Å². The molecule has 0 aliphatic rings. The molecular formula is C4H15O3Zr-. The van der Waals surface area contributed by atoms with Gasteiger partial charge in [-0.15, -0.1) is 0 Å². The Morgan fingerprint density at radius 1 is 1.00 bits per heavy atom. The van der Waals surface area contributed by atoms with Gasteiger partial charge in [-0.3, -0.25) is 0 Å². The van der Waals surface area contributed by atoms with Crippen LogP contribution in [0.15, 0.2) is 0 Å². The zero-order valence-electron chi connectivity index (χ0n) is 5.28. The van der Waals surface area contributed by atoms with Crippen LogP contribution in [0.3, 0.4) is 0 Å². The second-order valence-electron chi connectivity index (χ2n) is 1.39. The van der Waals surface area contributed by atoms with E-state index in [2.05, 4.69) is 20.8 Å². The van der Waals surface area contributed by atoms with Crippen LogP contribution in [0.5, 0.6) is 0 Å². The molecule has 0 heterocycles. The summed E-state index contributed by atoms with van der Waals surface area (Å²) in [7, 11) is 0. The van der Waals surface area contributed by atoms with E-state index in [-0.39, 0.29) is 42.6 Å². The van der Waals surface area contributed by atoms with E-state index in [4.69, 9.17) is 0 Å². The van der Waals surface area contributed by atoms with Crippen LogP contribution < -0.4 is 0 Å². The summed E-state index contributed by atoms with van der Waals surface area (Å²) < 4.78 is 0. The Bertz CT molecular complexity index is 16.0. The first kappa shape index (κ1) is 37.3. The van der Waals surface area contributed by atoms with Gasteiger partial charge in [0.05, 0.1) is 0 Å². The summed E-state index contributed by atoms with van der Waals surface area (Å²) in [5.74, 6) is 0.583. The molecule has 0 saturated carbocycles. The number of hydrogen-bond acceptors (Lipinski definition) is 0. The van der Waals surface area contributed by atoms with Gasteiger partial charge in [-0.1, -0.05) is 13.8 Å². The van der Waals surface area contributed by atoms with Crippen LogP contribution in [0.2, 0.25) is 0 Å². The molecule has 0 atom stereocenters. The Morgan fingerprint density at radius 2 is 1.00 bits per heavy atom. The van der Waals surface area contributed by atoms with Gasteiger partial charge in [0, 0.05) is 26.2 Å². The minimum atomic E-state index is 0. The maximum Gasteiger partial charge on any atom is 0 e. The van der Waals surface area contributed by atoms with Crippen LogP contribution in [-0.2, 0) is 26.2 Å². The molecule has 0 amide bonds. The van der Waals surface area contributed by atoms with Gasteiger partial charge in [0.1, 0.15) is 0 Å². The molecule has 0 radical (unpaired) electrons. The first-order chi connectivity index (χ1) is 1.73. The molecule has 4 heteroatoms. The zero-order valence-corrected chi connectivity index (χ0v) is 7.74. The average Bonchev–Trinajstić information content (AvgIpc) is 0.811. The maximum atomic E-state index is 3.64. The van der Waals surface area contributed by atoms with Crippen LogP contribution in [0.25, 0.3) is 0 Å². The van der Waals surface area contributed by atoms with Crippen molar-refractivity contribution in [1.29, 1.82) is 0 Å². The van der Waals surface area contributed by atoms with E-state index >= 15 is 0 Å². The van der Waals surface area contributed by atoms with E-state index in [1.165, 1.54) is 0 Å². The Morgan fingerprint density at radius 3 is 1.00 bits per heavy atom. The van der Waals surface area contributed by atoms with Gasteiger partial charge in [-0.25, -0.2) is 0 Å². The molecule has 0 aliphatic carbocycles. The second-order valence-corrected chi connectivity index (χ2v) is 1.39. The van der Waals surface area contributed by atoms with Crippen LogP contribution in [-0.4, -0.2) is 16.4 Å². The Kier molecular flexibility index (Phi) is 117. The summed E-state index contributed by atoms with van der Waals surface area (Å²) in [6.07, 6.45) is 0. The third-order valence-corrected chi connectivity index (χ3v) is 0. The Labute approximate surface area is 69.5 Å². The van der Waals surface area contributed by atoms with Crippen LogP contribution >= 0.6 is 0 Å². The molecule has 0 unspecified atom stereocenters. The molecule has 0 bridgehead atoms. The summed E-state index contributed by atoms with van der Waals surface area (Å²) >= 11 is 0. The van der Waals surface area contributed by atoms with E-state index in [0.29, 0.717) is 5.92 Å². The van der Waals surface area contributed by atoms with Gasteiger partial charge < -0.3 is 23.4 Å². The standard InChI is InChI=1S/C4H9.3H2O.Zr/c1-4(2)3;;;;/h4H,1H2,2-3H3;3*1H2;/q-1;;;;. The molecule has 0 aromatic rings. The van der Waals surface area contributed by atoms with Gasteiger partial charge in [0.2, 0.25) is 0 Å². The van der Waals surface area contributed by atoms with Crippen LogP contribution in [0.4, 0.5) is 0 Å². The molecule has 0 aromatic heterocycles. The number of hydrogen-bond donors (Lipinski definition) is 0. The molecule has 3 nitrogen and oxygen atoms in total. The smallest absolute Gasteiger partial charge is 0 e. The van der Waals surface area contributed by atoms with E-state index in [0.717, 1.165) is 0 Å². The normalized spacial score (nSPS) is 4.50. The van der Waals surface area contributed by atoms with Crippen LogP contribution in [0.1, 0.15) is 13.8 Å². The van der Waals surface area contributed by atoms with Gasteiger partial charge in [0.25, 0.3) is 0 Å². The van der Waals surface area contributed by atoms with Gasteiger partial charge in [-0.2, -0.15) is 5.92 Å².